The summed E-state index contributed by atoms with van der Waals surface area (Å²) >= 11 is 5.79. The van der Waals surface area contributed by atoms with Gasteiger partial charge in [-0.05, 0) is 30.7 Å². The molecule has 0 aliphatic carbocycles. The number of hydrogen-bond acceptors (Lipinski definition) is 4. The Balaban J connectivity index is 2.40. The van der Waals surface area contributed by atoms with Gasteiger partial charge in [-0.1, -0.05) is 41.9 Å². The van der Waals surface area contributed by atoms with Gasteiger partial charge in [0, 0.05) is 0 Å². The molecule has 0 saturated heterocycles. The first kappa shape index (κ1) is 20.1. The second-order valence-electron chi connectivity index (χ2n) is 5.43. The van der Waals surface area contributed by atoms with E-state index in [1.165, 1.54) is 6.92 Å². The van der Waals surface area contributed by atoms with Crippen molar-refractivity contribution >= 4 is 27.5 Å². The zero-order chi connectivity index (χ0) is 19.5. The van der Waals surface area contributed by atoms with Gasteiger partial charge in [0.1, 0.15) is 11.3 Å². The lowest BCUT2D eigenvalue weighted by molar-refractivity contribution is -0.123. The second-order valence-corrected chi connectivity index (χ2v) is 7.52. The Labute approximate surface area is 154 Å². The number of nitrogens with one attached hydrogen (secondary N) is 1. The lowest BCUT2D eigenvalue weighted by atomic mass is 9.93. The summed E-state index contributed by atoms with van der Waals surface area (Å²) in [5.41, 5.74) is 4.00. The summed E-state index contributed by atoms with van der Waals surface area (Å²) in [4.78, 5) is 11.6. The SMILES string of the molecule is CC(NS(=O)(=O)c1ccc(OC(F)F)c(Cl)c1)(C(N)=O)c1ccccc1. The normalized spacial score (nSPS) is 14.0. The molecule has 3 N–H and O–H groups in total. The molecule has 2 rings (SSSR count). The van der Waals surface area contributed by atoms with E-state index in [0.29, 0.717) is 5.56 Å². The second kappa shape index (κ2) is 7.56. The molecule has 140 valence electrons. The highest BCUT2D eigenvalue weighted by molar-refractivity contribution is 7.89. The lowest BCUT2D eigenvalue weighted by Crippen LogP contribution is -2.52. The van der Waals surface area contributed by atoms with Gasteiger partial charge < -0.3 is 10.5 Å². The van der Waals surface area contributed by atoms with Crippen LogP contribution < -0.4 is 15.2 Å². The van der Waals surface area contributed by atoms with Crippen LogP contribution in [0.4, 0.5) is 8.78 Å². The molecular weight excluding hydrogens is 390 g/mol. The standard InChI is InChI=1S/C16H15ClF2N2O4S/c1-16(14(20)22,10-5-3-2-4-6-10)21-26(23,24)11-7-8-13(12(17)9-11)25-15(18)19/h2-9,15,21H,1H3,(H2,20,22). The Morgan fingerprint density at radius 1 is 1.23 bits per heavy atom. The van der Waals surface area contributed by atoms with E-state index in [1.807, 2.05) is 0 Å². The van der Waals surface area contributed by atoms with Crippen LogP contribution in [0, 0.1) is 0 Å². The first-order valence-electron chi connectivity index (χ1n) is 7.20. The summed E-state index contributed by atoms with van der Waals surface area (Å²) in [6.45, 7) is -1.79. The Bertz CT molecular complexity index is 910. The van der Waals surface area contributed by atoms with E-state index >= 15 is 0 Å². The van der Waals surface area contributed by atoms with Crippen LogP contribution in [0.1, 0.15) is 12.5 Å². The number of sulfonamides is 1. The molecule has 10 heteroatoms. The van der Waals surface area contributed by atoms with Gasteiger partial charge >= 0.3 is 6.61 Å². The van der Waals surface area contributed by atoms with Gasteiger partial charge in [0.15, 0.2) is 0 Å². The van der Waals surface area contributed by atoms with Crippen LogP contribution in [0.2, 0.25) is 5.02 Å². The van der Waals surface area contributed by atoms with Crippen molar-refractivity contribution in [2.75, 3.05) is 0 Å². The molecule has 0 heterocycles. The Hall–Kier alpha value is -2.23. The van der Waals surface area contributed by atoms with Crippen LogP contribution in [0.15, 0.2) is 53.4 Å². The van der Waals surface area contributed by atoms with Crippen LogP contribution in [0.25, 0.3) is 0 Å². The van der Waals surface area contributed by atoms with Crippen LogP contribution in [-0.4, -0.2) is 20.9 Å². The predicted octanol–water partition coefficient (Wildman–Crippen LogP) is 2.62. The number of nitrogens with two attached hydrogens (primary N) is 1. The highest BCUT2D eigenvalue weighted by Crippen LogP contribution is 2.30. The van der Waals surface area contributed by atoms with E-state index in [-0.39, 0.29) is 15.7 Å². The van der Waals surface area contributed by atoms with Crippen molar-refractivity contribution in [3.63, 3.8) is 0 Å². The average Bonchev–Trinajstić information content (AvgIpc) is 2.56. The minimum atomic E-state index is -4.26. The van der Waals surface area contributed by atoms with Crippen molar-refractivity contribution < 1.29 is 26.7 Å². The molecule has 0 fully saturated rings. The first-order valence-corrected chi connectivity index (χ1v) is 9.06. The molecule has 2 aromatic carbocycles. The molecule has 0 saturated carbocycles. The zero-order valence-corrected chi connectivity index (χ0v) is 15.0. The number of carbonyl (C=O) groups excluding carboxylic acids is 1. The number of rotatable bonds is 7. The molecule has 6 nitrogen and oxygen atoms in total. The number of ether oxygens (including phenoxy) is 1. The van der Waals surface area contributed by atoms with Gasteiger partial charge in [-0.25, -0.2) is 8.42 Å². The fraction of sp³-hybridized carbons (Fsp3) is 0.188. The smallest absolute Gasteiger partial charge is 0.387 e. The summed E-state index contributed by atoms with van der Waals surface area (Å²) in [6, 6.07) is 11.0. The van der Waals surface area contributed by atoms with Gasteiger partial charge in [0.2, 0.25) is 15.9 Å². The summed E-state index contributed by atoms with van der Waals surface area (Å²) in [5, 5.41) is -0.325. The Morgan fingerprint density at radius 3 is 2.35 bits per heavy atom. The Kier molecular flexibility index (Phi) is 5.84. The monoisotopic (exact) mass is 404 g/mol. The molecule has 0 bridgehead atoms. The van der Waals surface area contributed by atoms with E-state index in [1.54, 1.807) is 30.3 Å². The quantitative estimate of drug-likeness (QED) is 0.741. The lowest BCUT2D eigenvalue weighted by Gasteiger charge is -2.27. The average molecular weight is 405 g/mol. The van der Waals surface area contributed by atoms with Crippen LogP contribution >= 0.6 is 11.6 Å². The molecule has 0 radical (unpaired) electrons. The summed E-state index contributed by atoms with van der Waals surface area (Å²) in [7, 11) is -4.26. The minimum Gasteiger partial charge on any atom is -0.433 e. The van der Waals surface area contributed by atoms with Crippen molar-refractivity contribution in [1.82, 2.24) is 4.72 Å². The maximum Gasteiger partial charge on any atom is 0.387 e. The summed E-state index contributed by atoms with van der Waals surface area (Å²) in [5.74, 6) is -1.29. The number of carbonyl (C=O) groups is 1. The van der Waals surface area contributed by atoms with Crippen molar-refractivity contribution in [2.45, 2.75) is 24.0 Å². The van der Waals surface area contributed by atoms with Crippen molar-refractivity contribution in [3.8, 4) is 5.75 Å². The molecule has 1 atom stereocenters. The summed E-state index contributed by atoms with van der Waals surface area (Å²) < 4.78 is 56.2. The topological polar surface area (TPSA) is 98.5 Å². The largest absolute Gasteiger partial charge is 0.433 e. The highest BCUT2D eigenvalue weighted by atomic mass is 35.5. The van der Waals surface area contributed by atoms with E-state index in [9.17, 15) is 22.0 Å². The number of benzene rings is 2. The maximum atomic E-state index is 12.6. The van der Waals surface area contributed by atoms with Crippen molar-refractivity contribution in [1.29, 1.82) is 0 Å². The van der Waals surface area contributed by atoms with Gasteiger partial charge in [-0.3, -0.25) is 4.79 Å². The third kappa shape index (κ3) is 4.29. The van der Waals surface area contributed by atoms with E-state index in [4.69, 9.17) is 17.3 Å². The van der Waals surface area contributed by atoms with Crippen LogP contribution in [0.3, 0.4) is 0 Å². The maximum absolute atomic E-state index is 12.6. The summed E-state index contributed by atoms with van der Waals surface area (Å²) in [6.07, 6.45) is 0. The number of amides is 1. The molecule has 0 aromatic heterocycles. The molecule has 0 aliphatic heterocycles. The minimum absolute atomic E-state index is 0.325. The molecule has 0 aliphatic rings. The van der Waals surface area contributed by atoms with Gasteiger partial charge in [0.05, 0.1) is 9.92 Å². The molecule has 1 amide bonds. The zero-order valence-electron chi connectivity index (χ0n) is 13.4. The molecule has 26 heavy (non-hydrogen) atoms. The third-order valence-electron chi connectivity index (χ3n) is 3.61. The number of hydrogen-bond donors (Lipinski definition) is 2. The van der Waals surface area contributed by atoms with E-state index < -0.39 is 28.1 Å². The van der Waals surface area contributed by atoms with Crippen LogP contribution in [-0.2, 0) is 20.4 Å². The number of primary amides is 1. The van der Waals surface area contributed by atoms with Crippen molar-refractivity contribution in [3.05, 3.63) is 59.1 Å². The Morgan fingerprint density at radius 2 is 1.85 bits per heavy atom. The van der Waals surface area contributed by atoms with Crippen molar-refractivity contribution in [2.24, 2.45) is 5.73 Å². The fourth-order valence-electron chi connectivity index (χ4n) is 2.19. The fourth-order valence-corrected chi connectivity index (χ4v) is 3.87. The van der Waals surface area contributed by atoms with Gasteiger partial charge in [-0.2, -0.15) is 13.5 Å². The number of alkyl halides is 2. The van der Waals surface area contributed by atoms with E-state index in [2.05, 4.69) is 9.46 Å². The first-order chi connectivity index (χ1) is 12.1. The van der Waals surface area contributed by atoms with Gasteiger partial charge in [0.25, 0.3) is 0 Å². The molecule has 1 unspecified atom stereocenters. The molecule has 0 spiro atoms. The van der Waals surface area contributed by atoms with Crippen LogP contribution in [0.5, 0.6) is 5.75 Å². The third-order valence-corrected chi connectivity index (χ3v) is 5.46. The van der Waals surface area contributed by atoms with Gasteiger partial charge in [-0.15, -0.1) is 0 Å². The molecule has 2 aromatic rings. The number of halogens is 3. The highest BCUT2D eigenvalue weighted by Gasteiger charge is 2.38. The van der Waals surface area contributed by atoms with E-state index in [0.717, 1.165) is 18.2 Å². The molecular formula is C16H15ClF2N2O4S. The predicted molar refractivity (Wildman–Crippen MR) is 91.4 cm³/mol.